The zero-order valence-corrected chi connectivity index (χ0v) is 9.90. The first kappa shape index (κ1) is 11.2. The van der Waals surface area contributed by atoms with Crippen LogP contribution < -0.4 is 0 Å². The molecule has 0 aromatic rings. The lowest BCUT2D eigenvalue weighted by Crippen LogP contribution is -2.48. The van der Waals surface area contributed by atoms with Gasteiger partial charge in [-0.1, -0.05) is 6.08 Å². The molecule has 2 aliphatic heterocycles. The van der Waals surface area contributed by atoms with Crippen LogP contribution in [0.15, 0.2) is 12.2 Å². The van der Waals surface area contributed by atoms with Gasteiger partial charge in [0.05, 0.1) is 12.1 Å². The smallest absolute Gasteiger partial charge is 0.411 e. The Morgan fingerprint density at radius 2 is 2.12 bits per heavy atom. The predicted octanol–water partition coefficient (Wildman–Crippen LogP) is 1.89. The van der Waals surface area contributed by atoms with Gasteiger partial charge in [-0.3, -0.25) is 9.69 Å². The molecule has 0 radical (unpaired) electrons. The van der Waals surface area contributed by atoms with Gasteiger partial charge in [-0.2, -0.15) is 0 Å². The van der Waals surface area contributed by atoms with Gasteiger partial charge in [0.15, 0.2) is 5.78 Å². The molecule has 2 rings (SSSR count). The fraction of sp³-hybridized carbons (Fsp3) is 0.667. The van der Waals surface area contributed by atoms with E-state index in [4.69, 9.17) is 4.74 Å². The molecule has 2 atom stereocenters. The van der Waals surface area contributed by atoms with Crippen molar-refractivity contribution in [2.45, 2.75) is 51.3 Å². The Balaban J connectivity index is 2.14. The zero-order valence-electron chi connectivity index (χ0n) is 9.90. The highest BCUT2D eigenvalue weighted by atomic mass is 16.6. The zero-order chi connectivity index (χ0) is 11.9. The van der Waals surface area contributed by atoms with Crippen molar-refractivity contribution in [1.82, 2.24) is 4.90 Å². The third-order valence-corrected chi connectivity index (χ3v) is 2.84. The standard InChI is InChI=1S/C12H17NO3/c1-12(2,3)16-11(15)13-8-4-6-9(13)10(14)7-5-8/h5,7-9H,4,6H2,1-3H3. The molecule has 16 heavy (non-hydrogen) atoms. The van der Waals surface area contributed by atoms with Crippen LogP contribution in [0, 0.1) is 0 Å². The summed E-state index contributed by atoms with van der Waals surface area (Å²) in [6, 6.07) is -0.262. The third kappa shape index (κ3) is 1.96. The summed E-state index contributed by atoms with van der Waals surface area (Å²) < 4.78 is 5.31. The molecule has 1 fully saturated rings. The molecule has 0 aromatic carbocycles. The molecule has 4 nitrogen and oxygen atoms in total. The molecule has 1 saturated heterocycles. The van der Waals surface area contributed by atoms with Gasteiger partial charge in [-0.15, -0.1) is 0 Å². The van der Waals surface area contributed by atoms with Gasteiger partial charge >= 0.3 is 6.09 Å². The van der Waals surface area contributed by atoms with Crippen LogP contribution in [0.4, 0.5) is 4.79 Å². The predicted molar refractivity (Wildman–Crippen MR) is 59.0 cm³/mol. The first-order valence-electron chi connectivity index (χ1n) is 5.62. The maximum Gasteiger partial charge on any atom is 0.411 e. The summed E-state index contributed by atoms with van der Waals surface area (Å²) in [4.78, 5) is 25.1. The van der Waals surface area contributed by atoms with Crippen LogP contribution in [-0.2, 0) is 9.53 Å². The summed E-state index contributed by atoms with van der Waals surface area (Å²) in [6.07, 6.45) is 4.61. The van der Waals surface area contributed by atoms with E-state index in [-0.39, 0.29) is 24.0 Å². The minimum absolute atomic E-state index is 0.0135. The molecular formula is C12H17NO3. The molecule has 0 aromatic heterocycles. The van der Waals surface area contributed by atoms with Crippen LogP contribution in [-0.4, -0.2) is 34.5 Å². The fourth-order valence-electron chi connectivity index (χ4n) is 2.20. The van der Waals surface area contributed by atoms with E-state index >= 15 is 0 Å². The highest BCUT2D eigenvalue weighted by Gasteiger charge is 2.43. The number of nitrogens with zero attached hydrogens (tertiary/aromatic N) is 1. The Hall–Kier alpha value is -1.32. The lowest BCUT2D eigenvalue weighted by Gasteiger charge is -2.32. The molecule has 0 N–H and O–H groups in total. The van der Waals surface area contributed by atoms with Gasteiger partial charge in [0.2, 0.25) is 0 Å². The summed E-state index contributed by atoms with van der Waals surface area (Å²) in [5.41, 5.74) is -0.513. The van der Waals surface area contributed by atoms with Crippen molar-refractivity contribution in [3.8, 4) is 0 Å². The number of amides is 1. The molecule has 0 aliphatic carbocycles. The SMILES string of the molecule is CC(C)(C)OC(=O)N1C2C=CC(=O)C1CC2. The minimum Gasteiger partial charge on any atom is -0.444 e. The van der Waals surface area contributed by atoms with Crippen molar-refractivity contribution in [3.05, 3.63) is 12.2 Å². The molecule has 4 heteroatoms. The van der Waals surface area contributed by atoms with Crippen LogP contribution in [0.2, 0.25) is 0 Å². The average Bonchev–Trinajstić information content (AvgIpc) is 2.46. The van der Waals surface area contributed by atoms with Gasteiger partial charge in [0.25, 0.3) is 0 Å². The first-order valence-corrected chi connectivity index (χ1v) is 5.62. The molecule has 2 heterocycles. The molecule has 1 amide bonds. The van der Waals surface area contributed by atoms with E-state index in [1.54, 1.807) is 17.1 Å². The maximum atomic E-state index is 11.9. The second-order valence-electron chi connectivity index (χ2n) is 5.31. The van der Waals surface area contributed by atoms with Gasteiger partial charge in [-0.25, -0.2) is 4.79 Å². The van der Waals surface area contributed by atoms with E-state index < -0.39 is 5.60 Å². The third-order valence-electron chi connectivity index (χ3n) is 2.84. The van der Waals surface area contributed by atoms with Crippen molar-refractivity contribution in [1.29, 1.82) is 0 Å². The highest BCUT2D eigenvalue weighted by Crippen LogP contribution is 2.31. The van der Waals surface area contributed by atoms with Gasteiger partial charge in [-0.05, 0) is 39.7 Å². The lowest BCUT2D eigenvalue weighted by atomic mass is 10.1. The summed E-state index contributed by atoms with van der Waals surface area (Å²) >= 11 is 0. The Bertz CT molecular complexity index is 354. The number of hydrogen-bond acceptors (Lipinski definition) is 3. The summed E-state index contributed by atoms with van der Waals surface area (Å²) in [5, 5.41) is 0. The van der Waals surface area contributed by atoms with Crippen LogP contribution in [0.3, 0.4) is 0 Å². The van der Waals surface area contributed by atoms with E-state index in [0.29, 0.717) is 0 Å². The number of rotatable bonds is 0. The van der Waals surface area contributed by atoms with Crippen LogP contribution in [0.5, 0.6) is 0 Å². The monoisotopic (exact) mass is 223 g/mol. The highest BCUT2D eigenvalue weighted by molar-refractivity contribution is 5.98. The normalized spacial score (nSPS) is 28.4. The van der Waals surface area contributed by atoms with E-state index in [1.807, 2.05) is 20.8 Å². The topological polar surface area (TPSA) is 46.6 Å². The van der Waals surface area contributed by atoms with Gasteiger partial charge < -0.3 is 4.74 Å². The van der Waals surface area contributed by atoms with Crippen molar-refractivity contribution in [2.75, 3.05) is 0 Å². The van der Waals surface area contributed by atoms with Crippen molar-refractivity contribution < 1.29 is 14.3 Å². The summed E-state index contributed by atoms with van der Waals surface area (Å²) in [6.45, 7) is 5.48. The molecule has 2 aliphatic rings. The first-order chi connectivity index (χ1) is 7.38. The number of carbonyl (C=O) groups excluding carboxylic acids is 2. The maximum absolute atomic E-state index is 11.9. The average molecular weight is 223 g/mol. The van der Waals surface area contributed by atoms with Gasteiger partial charge in [0, 0.05) is 0 Å². The Morgan fingerprint density at radius 1 is 1.44 bits per heavy atom. The largest absolute Gasteiger partial charge is 0.444 e. The van der Waals surface area contributed by atoms with E-state index in [2.05, 4.69) is 0 Å². The van der Waals surface area contributed by atoms with E-state index in [9.17, 15) is 9.59 Å². The Kier molecular flexibility index (Phi) is 2.52. The van der Waals surface area contributed by atoms with Crippen molar-refractivity contribution in [2.24, 2.45) is 0 Å². The molecule has 2 unspecified atom stereocenters. The number of ketones is 1. The van der Waals surface area contributed by atoms with Gasteiger partial charge in [0.1, 0.15) is 5.60 Å². The second kappa shape index (κ2) is 3.61. The van der Waals surface area contributed by atoms with E-state index in [0.717, 1.165) is 12.8 Å². The lowest BCUT2D eigenvalue weighted by molar-refractivity contribution is -0.119. The molecule has 0 saturated carbocycles. The van der Waals surface area contributed by atoms with Crippen LogP contribution in [0.25, 0.3) is 0 Å². The molecule has 88 valence electrons. The van der Waals surface area contributed by atoms with Crippen molar-refractivity contribution >= 4 is 11.9 Å². The number of ether oxygens (including phenoxy) is 1. The molecule has 2 bridgehead atoms. The van der Waals surface area contributed by atoms with E-state index in [1.165, 1.54) is 0 Å². The Labute approximate surface area is 95.2 Å². The van der Waals surface area contributed by atoms with Crippen LogP contribution >= 0.6 is 0 Å². The Morgan fingerprint density at radius 3 is 2.75 bits per heavy atom. The van der Waals surface area contributed by atoms with Crippen molar-refractivity contribution in [3.63, 3.8) is 0 Å². The quantitative estimate of drug-likeness (QED) is 0.630. The number of fused-ring (bicyclic) bond motifs is 2. The number of hydrogen-bond donors (Lipinski definition) is 0. The van der Waals surface area contributed by atoms with Crippen LogP contribution in [0.1, 0.15) is 33.6 Å². The minimum atomic E-state index is -0.513. The molecular weight excluding hydrogens is 206 g/mol. The summed E-state index contributed by atoms with van der Waals surface area (Å²) in [7, 11) is 0. The fourth-order valence-corrected chi connectivity index (χ4v) is 2.20. The summed E-state index contributed by atoms with van der Waals surface area (Å²) in [5.74, 6) is 0.0135. The molecule has 0 spiro atoms. The second-order valence-corrected chi connectivity index (χ2v) is 5.31. The number of carbonyl (C=O) groups is 2.